The summed E-state index contributed by atoms with van der Waals surface area (Å²) >= 11 is 6.20. The van der Waals surface area contributed by atoms with Crippen LogP contribution in [0.4, 0.5) is 33.3 Å². The molecule has 1 aliphatic carbocycles. The number of carbonyl (C=O) groups excluding carboxylic acids is 2. The average molecular weight is 803 g/mol. The number of nitrogens with one attached hydrogen (secondary N) is 1. The Morgan fingerprint density at radius 3 is 2.45 bits per heavy atom. The lowest BCUT2D eigenvalue weighted by Crippen LogP contribution is -2.51. The molecule has 1 saturated heterocycles. The number of rotatable bonds is 6. The lowest BCUT2D eigenvalue weighted by atomic mass is 9.86. The highest BCUT2D eigenvalue weighted by Crippen LogP contribution is 2.44. The first-order valence-corrected chi connectivity index (χ1v) is 18.5. The van der Waals surface area contributed by atoms with Gasteiger partial charge in [-0.25, -0.2) is 18.7 Å². The maximum atomic E-state index is 14.5. The van der Waals surface area contributed by atoms with Crippen LogP contribution in [0.3, 0.4) is 0 Å². The van der Waals surface area contributed by atoms with E-state index in [1.807, 2.05) is 22.8 Å². The number of hydrogen-bond donors (Lipinski definition) is 2. The van der Waals surface area contributed by atoms with Crippen LogP contribution in [0.1, 0.15) is 77.8 Å². The Balaban J connectivity index is 1.14. The summed E-state index contributed by atoms with van der Waals surface area (Å²) in [6.45, 7) is 5.05. The van der Waals surface area contributed by atoms with Crippen LogP contribution in [0, 0.1) is 6.92 Å². The molecule has 3 aliphatic heterocycles. The number of piperazine rings is 1. The Morgan fingerprint density at radius 2 is 1.80 bits per heavy atom. The van der Waals surface area contributed by atoms with Crippen molar-refractivity contribution in [1.82, 2.24) is 38.9 Å². The molecular formula is C36H36ClF5N10O4. The van der Waals surface area contributed by atoms with Crippen LogP contribution in [0.5, 0.6) is 5.75 Å². The van der Waals surface area contributed by atoms with Gasteiger partial charge in [-0.15, -0.1) is 5.10 Å². The second-order valence-corrected chi connectivity index (χ2v) is 15.1. The highest BCUT2D eigenvalue weighted by molar-refractivity contribution is 6.33. The van der Waals surface area contributed by atoms with Gasteiger partial charge in [0.25, 0.3) is 17.4 Å². The molecule has 1 aromatic carbocycles. The Bertz CT molecular complexity index is 2350. The fraction of sp³-hybridized carbons (Fsp3) is 0.472. The lowest BCUT2D eigenvalue weighted by molar-refractivity contribution is -0.137. The second-order valence-electron chi connectivity index (χ2n) is 14.7. The van der Waals surface area contributed by atoms with Gasteiger partial charge in [-0.05, 0) is 43.5 Å². The maximum Gasteiger partial charge on any atom is 0.416 e. The number of halogens is 6. The van der Waals surface area contributed by atoms with Gasteiger partial charge in [0.05, 0.1) is 27.7 Å². The molecule has 2 amide bonds. The monoisotopic (exact) mass is 802 g/mol. The average Bonchev–Trinajstić information content (AvgIpc) is 3.74. The van der Waals surface area contributed by atoms with Gasteiger partial charge in [0.1, 0.15) is 18.1 Å². The van der Waals surface area contributed by atoms with Crippen LogP contribution < -0.4 is 15.8 Å². The van der Waals surface area contributed by atoms with E-state index in [0.29, 0.717) is 30.8 Å². The number of fused-ring (bicyclic) bond motifs is 3. The summed E-state index contributed by atoms with van der Waals surface area (Å²) in [5.41, 5.74) is 0.0834. The zero-order chi connectivity index (χ0) is 39.8. The zero-order valence-corrected chi connectivity index (χ0v) is 30.9. The van der Waals surface area contributed by atoms with E-state index >= 15 is 0 Å². The highest BCUT2D eigenvalue weighted by Gasteiger charge is 2.48. The Hall–Kier alpha value is -5.17. The van der Waals surface area contributed by atoms with Crippen molar-refractivity contribution < 1.29 is 36.6 Å². The first-order valence-electron chi connectivity index (χ1n) is 18.1. The number of nitrogens with zero attached hydrogens (tertiary/aromatic N) is 9. The molecule has 0 radical (unpaired) electrons. The van der Waals surface area contributed by atoms with Gasteiger partial charge in [0.2, 0.25) is 11.7 Å². The fourth-order valence-electron chi connectivity index (χ4n) is 8.04. The maximum absolute atomic E-state index is 14.5. The molecule has 4 aromatic rings. The SMILES string of the molecule is Cc1ncnc(C(=O)N2CCN(c3c4n(c5nc(C6=CCN(C7CC(F)(F)C7)CC6)nn5c3=O)[C@@H](C(=O)Nc3ccc(C(F)(F)F)cc3Cl)C[C@H]4C)CC2)c1O. The van der Waals surface area contributed by atoms with E-state index < -0.39 is 41.1 Å². The minimum Gasteiger partial charge on any atom is -0.504 e. The van der Waals surface area contributed by atoms with Crippen LogP contribution >= 0.6 is 11.6 Å². The predicted octanol–water partition coefficient (Wildman–Crippen LogP) is 4.90. The van der Waals surface area contributed by atoms with Gasteiger partial charge in [-0.3, -0.25) is 23.9 Å². The molecule has 2 atom stereocenters. The summed E-state index contributed by atoms with van der Waals surface area (Å²) in [4.78, 5) is 59.8. The number of aromatic hydroxyl groups is 1. The van der Waals surface area contributed by atoms with Crippen molar-refractivity contribution in [2.45, 2.75) is 69.6 Å². The number of alkyl halides is 5. The van der Waals surface area contributed by atoms with Crippen LogP contribution in [-0.2, 0) is 11.0 Å². The summed E-state index contributed by atoms with van der Waals surface area (Å²) in [5.74, 6) is -4.13. The molecule has 2 fully saturated rings. The Labute approximate surface area is 320 Å². The largest absolute Gasteiger partial charge is 0.504 e. The lowest BCUT2D eigenvalue weighted by Gasteiger charge is -2.43. The van der Waals surface area contributed by atoms with Gasteiger partial charge >= 0.3 is 6.18 Å². The number of aromatic nitrogens is 6. The van der Waals surface area contributed by atoms with Crippen LogP contribution in [0.25, 0.3) is 11.4 Å². The van der Waals surface area contributed by atoms with Crippen LogP contribution in [0.15, 0.2) is 35.4 Å². The standard InChI is InChI=1S/C36H36ClF5N10O4/c1-18-13-25(31(54)45-24-4-3-21(14-23(24)37)36(40,41)42)51-27(18)28(49-9-11-50(12-10-49)32(55)26-29(53)19(2)43-17-44-26)33(56)52-34(51)46-30(47-52)20-5-7-48(8-6-20)22-15-35(38,39)16-22/h3-5,14,17-18,22,25,53H,6-13,15-16H2,1-2H3,(H,45,54)/t18-,25-/m1/s1. The number of carbonyl (C=O) groups is 2. The van der Waals surface area contributed by atoms with Crippen molar-refractivity contribution in [2.75, 3.05) is 49.5 Å². The smallest absolute Gasteiger partial charge is 0.416 e. The minimum absolute atomic E-state index is 0.0305. The second kappa shape index (κ2) is 13.8. The molecule has 3 aromatic heterocycles. The number of aryl methyl sites for hydroxylation is 1. The third-order valence-electron chi connectivity index (χ3n) is 11.1. The topological polar surface area (TPSA) is 154 Å². The van der Waals surface area contributed by atoms with Crippen molar-refractivity contribution in [3.63, 3.8) is 0 Å². The number of benzene rings is 1. The van der Waals surface area contributed by atoms with Crippen molar-refractivity contribution in [1.29, 1.82) is 0 Å². The molecule has 1 saturated carbocycles. The van der Waals surface area contributed by atoms with Crippen molar-refractivity contribution in [3.8, 4) is 5.75 Å². The normalized spacial score (nSPS) is 21.5. The third kappa shape index (κ3) is 6.63. The Kier molecular flexibility index (Phi) is 9.29. The summed E-state index contributed by atoms with van der Waals surface area (Å²) in [6.07, 6.45) is -1.34. The quantitative estimate of drug-likeness (QED) is 0.258. The van der Waals surface area contributed by atoms with E-state index in [1.54, 1.807) is 11.5 Å². The van der Waals surface area contributed by atoms with Crippen molar-refractivity contribution in [2.24, 2.45) is 0 Å². The zero-order valence-electron chi connectivity index (χ0n) is 30.2. The van der Waals surface area contributed by atoms with E-state index in [-0.39, 0.29) is 103 Å². The highest BCUT2D eigenvalue weighted by atomic mass is 35.5. The van der Waals surface area contributed by atoms with Gasteiger partial charge in [-0.1, -0.05) is 24.6 Å². The Morgan fingerprint density at radius 1 is 1.07 bits per heavy atom. The molecule has 0 bridgehead atoms. The molecule has 0 spiro atoms. The molecule has 8 rings (SSSR count). The number of amides is 2. The summed E-state index contributed by atoms with van der Waals surface area (Å²) in [7, 11) is 0. The fourth-order valence-corrected chi connectivity index (χ4v) is 8.27. The van der Waals surface area contributed by atoms with Gasteiger partial charge in [-0.2, -0.15) is 22.7 Å². The van der Waals surface area contributed by atoms with E-state index in [1.165, 1.54) is 11.2 Å². The van der Waals surface area contributed by atoms with Crippen LogP contribution in [-0.4, -0.2) is 107 Å². The molecular weight excluding hydrogens is 767 g/mol. The molecule has 0 unspecified atom stereocenters. The molecule has 14 nitrogen and oxygen atoms in total. The van der Waals surface area contributed by atoms with E-state index in [4.69, 9.17) is 16.6 Å². The van der Waals surface area contributed by atoms with Gasteiger partial charge in [0.15, 0.2) is 17.3 Å². The van der Waals surface area contributed by atoms with E-state index in [0.717, 1.165) is 22.7 Å². The van der Waals surface area contributed by atoms with Gasteiger partial charge in [0, 0.05) is 64.1 Å². The molecule has 6 heterocycles. The summed E-state index contributed by atoms with van der Waals surface area (Å²) < 4.78 is 69.9. The molecule has 296 valence electrons. The van der Waals surface area contributed by atoms with Crippen molar-refractivity contribution >= 4 is 46.1 Å². The third-order valence-corrected chi connectivity index (χ3v) is 11.4. The molecule has 56 heavy (non-hydrogen) atoms. The number of hydrogen-bond acceptors (Lipinski definition) is 10. The first kappa shape index (κ1) is 37.7. The minimum atomic E-state index is -4.64. The van der Waals surface area contributed by atoms with Crippen molar-refractivity contribution in [3.05, 3.63) is 74.4 Å². The van der Waals surface area contributed by atoms with Crippen LogP contribution in [0.2, 0.25) is 5.02 Å². The molecule has 20 heteroatoms. The molecule has 2 N–H and O–H groups in total. The first-order chi connectivity index (χ1) is 26.5. The predicted molar refractivity (Wildman–Crippen MR) is 193 cm³/mol. The summed E-state index contributed by atoms with van der Waals surface area (Å²) in [5, 5.41) is 17.4. The summed E-state index contributed by atoms with van der Waals surface area (Å²) in [6, 6.07) is 1.42. The van der Waals surface area contributed by atoms with E-state index in [2.05, 4.69) is 20.4 Å². The molecule has 4 aliphatic rings. The van der Waals surface area contributed by atoms with E-state index in [9.17, 15) is 41.4 Å². The number of anilines is 2. The van der Waals surface area contributed by atoms with Gasteiger partial charge < -0.3 is 20.2 Å².